The first-order chi connectivity index (χ1) is 6.40. The summed E-state index contributed by atoms with van der Waals surface area (Å²) in [5.41, 5.74) is -0.113. The standard InChI is InChI=1S/C6H6N2O4S2/c1-4(6-7-2-3-13-6)5(9)8-14(10,11)12/h2-3H,1H2,(H,8,9)(H,10,11,12). The largest absolute Gasteiger partial charge is 0.359 e. The Kier molecular flexibility index (Phi) is 2.99. The van der Waals surface area contributed by atoms with Crippen molar-refractivity contribution < 1.29 is 17.8 Å². The van der Waals surface area contributed by atoms with Crippen molar-refractivity contribution in [3.05, 3.63) is 23.2 Å². The third-order valence-corrected chi connectivity index (χ3v) is 2.46. The molecule has 0 spiro atoms. The lowest BCUT2D eigenvalue weighted by atomic mass is 10.3. The van der Waals surface area contributed by atoms with E-state index in [1.165, 1.54) is 10.9 Å². The van der Waals surface area contributed by atoms with Gasteiger partial charge in [0.05, 0.1) is 5.57 Å². The number of hydrogen-bond acceptors (Lipinski definition) is 5. The Balaban J connectivity index is 2.78. The van der Waals surface area contributed by atoms with Crippen LogP contribution in [-0.2, 0) is 15.1 Å². The number of nitrogens with one attached hydrogen (secondary N) is 1. The molecule has 8 heteroatoms. The third kappa shape index (κ3) is 2.91. The summed E-state index contributed by atoms with van der Waals surface area (Å²) >= 11 is 1.14. The fourth-order valence-electron chi connectivity index (χ4n) is 0.648. The highest BCUT2D eigenvalue weighted by Crippen LogP contribution is 2.14. The molecule has 0 radical (unpaired) electrons. The number of carbonyl (C=O) groups excluding carboxylic acids is 1. The Bertz CT molecular complexity index is 448. The molecule has 2 N–H and O–H groups in total. The van der Waals surface area contributed by atoms with Gasteiger partial charge in [0.2, 0.25) is 0 Å². The Morgan fingerprint density at radius 3 is 2.71 bits per heavy atom. The van der Waals surface area contributed by atoms with Gasteiger partial charge in [0.15, 0.2) is 0 Å². The zero-order valence-corrected chi connectivity index (χ0v) is 8.43. The van der Waals surface area contributed by atoms with E-state index < -0.39 is 16.2 Å². The monoisotopic (exact) mass is 234 g/mol. The molecule has 0 fully saturated rings. The SMILES string of the molecule is C=C(C(=O)NS(=O)(=O)O)c1nccs1. The Hall–Kier alpha value is -1.25. The molecular formula is C6H6N2O4S2. The number of nitrogens with zero attached hydrogens (tertiary/aromatic N) is 1. The fraction of sp³-hybridized carbons (Fsp3) is 0. The number of amides is 1. The van der Waals surface area contributed by atoms with Crippen LogP contribution in [0.4, 0.5) is 0 Å². The third-order valence-electron chi connectivity index (χ3n) is 1.19. The fourth-order valence-corrected chi connectivity index (χ4v) is 1.61. The maximum atomic E-state index is 11.1. The molecule has 76 valence electrons. The minimum Gasteiger partial charge on any atom is -0.269 e. The van der Waals surface area contributed by atoms with E-state index in [0.717, 1.165) is 11.3 Å². The predicted octanol–water partition coefficient (Wildman–Crippen LogP) is 0.0753. The van der Waals surface area contributed by atoms with Crippen LogP contribution in [0.25, 0.3) is 5.57 Å². The lowest BCUT2D eigenvalue weighted by molar-refractivity contribution is -0.114. The molecule has 0 aliphatic carbocycles. The minimum absolute atomic E-state index is 0.113. The first-order valence-corrected chi connectivity index (χ1v) is 5.60. The van der Waals surface area contributed by atoms with Crippen molar-refractivity contribution in [3.63, 3.8) is 0 Å². The average molecular weight is 234 g/mol. The van der Waals surface area contributed by atoms with Gasteiger partial charge < -0.3 is 0 Å². The smallest absolute Gasteiger partial charge is 0.269 e. The highest BCUT2D eigenvalue weighted by molar-refractivity contribution is 7.84. The van der Waals surface area contributed by atoms with Crippen molar-refractivity contribution >= 4 is 33.1 Å². The van der Waals surface area contributed by atoms with Gasteiger partial charge in [0.1, 0.15) is 5.01 Å². The van der Waals surface area contributed by atoms with Crippen LogP contribution in [0, 0.1) is 0 Å². The van der Waals surface area contributed by atoms with Gasteiger partial charge >= 0.3 is 10.3 Å². The summed E-state index contributed by atoms with van der Waals surface area (Å²) in [5, 5.41) is 1.91. The Morgan fingerprint density at radius 1 is 1.64 bits per heavy atom. The van der Waals surface area contributed by atoms with E-state index in [-0.39, 0.29) is 5.57 Å². The Labute approximate surface area is 84.2 Å². The zero-order valence-electron chi connectivity index (χ0n) is 6.80. The first-order valence-electron chi connectivity index (χ1n) is 3.28. The van der Waals surface area contributed by atoms with Crippen molar-refractivity contribution in [2.45, 2.75) is 0 Å². The highest BCUT2D eigenvalue weighted by Gasteiger charge is 2.16. The van der Waals surface area contributed by atoms with Gasteiger partial charge in [-0.25, -0.2) is 9.71 Å². The maximum Gasteiger partial charge on any atom is 0.359 e. The summed E-state index contributed by atoms with van der Waals surface area (Å²) in [6.45, 7) is 3.34. The summed E-state index contributed by atoms with van der Waals surface area (Å²) in [6, 6.07) is 0. The van der Waals surface area contributed by atoms with E-state index in [4.69, 9.17) is 4.55 Å². The molecule has 0 aliphatic heterocycles. The maximum absolute atomic E-state index is 11.1. The molecule has 0 aliphatic rings. The van der Waals surface area contributed by atoms with Crippen molar-refractivity contribution in [2.75, 3.05) is 0 Å². The van der Waals surface area contributed by atoms with Crippen LogP contribution < -0.4 is 4.72 Å². The van der Waals surface area contributed by atoms with E-state index in [1.54, 1.807) is 5.38 Å². The van der Waals surface area contributed by atoms with Crippen LogP contribution >= 0.6 is 11.3 Å². The minimum atomic E-state index is -4.54. The lowest BCUT2D eigenvalue weighted by Gasteiger charge is -2.00. The summed E-state index contributed by atoms with van der Waals surface area (Å²) < 4.78 is 30.2. The topological polar surface area (TPSA) is 96.4 Å². The van der Waals surface area contributed by atoms with Crippen LogP contribution in [0.3, 0.4) is 0 Å². The normalized spacial score (nSPS) is 10.9. The molecule has 14 heavy (non-hydrogen) atoms. The Morgan fingerprint density at radius 2 is 2.29 bits per heavy atom. The molecule has 0 unspecified atom stereocenters. The van der Waals surface area contributed by atoms with Gasteiger partial charge in [-0.05, 0) is 0 Å². The second-order valence-corrected chi connectivity index (χ2v) is 4.27. The molecule has 0 saturated heterocycles. The van der Waals surface area contributed by atoms with Gasteiger partial charge in [-0.1, -0.05) is 6.58 Å². The second kappa shape index (κ2) is 3.86. The summed E-state index contributed by atoms with van der Waals surface area (Å²) in [7, 11) is -4.54. The van der Waals surface area contributed by atoms with Crippen LogP contribution in [0.1, 0.15) is 5.01 Å². The molecule has 0 bridgehead atoms. The van der Waals surface area contributed by atoms with Crippen molar-refractivity contribution in [3.8, 4) is 0 Å². The summed E-state index contributed by atoms with van der Waals surface area (Å²) in [4.78, 5) is 14.8. The molecule has 0 aromatic carbocycles. The van der Waals surface area contributed by atoms with E-state index in [9.17, 15) is 13.2 Å². The van der Waals surface area contributed by atoms with Crippen molar-refractivity contribution in [1.82, 2.24) is 9.71 Å². The van der Waals surface area contributed by atoms with Crippen molar-refractivity contribution in [2.24, 2.45) is 0 Å². The van der Waals surface area contributed by atoms with Crippen LogP contribution in [-0.4, -0.2) is 23.9 Å². The average Bonchev–Trinajstić information content (AvgIpc) is 2.51. The first kappa shape index (κ1) is 10.8. The van der Waals surface area contributed by atoms with E-state index in [0.29, 0.717) is 5.01 Å². The molecular weight excluding hydrogens is 228 g/mol. The van der Waals surface area contributed by atoms with Crippen LogP contribution in [0.2, 0.25) is 0 Å². The highest BCUT2D eigenvalue weighted by atomic mass is 32.2. The molecule has 0 saturated carbocycles. The van der Waals surface area contributed by atoms with E-state index >= 15 is 0 Å². The number of hydrogen-bond donors (Lipinski definition) is 2. The summed E-state index contributed by atoms with van der Waals surface area (Å²) in [5.74, 6) is -0.998. The number of carbonyl (C=O) groups is 1. The molecule has 6 nitrogen and oxygen atoms in total. The quantitative estimate of drug-likeness (QED) is 0.570. The molecule has 0 atom stereocenters. The van der Waals surface area contributed by atoms with Gasteiger partial charge in [0, 0.05) is 11.6 Å². The van der Waals surface area contributed by atoms with Crippen LogP contribution in [0.5, 0.6) is 0 Å². The lowest BCUT2D eigenvalue weighted by Crippen LogP contribution is -2.30. The molecule has 1 rings (SSSR count). The molecule has 1 aromatic rings. The van der Waals surface area contributed by atoms with Crippen LogP contribution in [0.15, 0.2) is 18.2 Å². The predicted molar refractivity (Wildman–Crippen MR) is 50.8 cm³/mol. The molecule has 1 aromatic heterocycles. The number of thiazole rings is 1. The van der Waals surface area contributed by atoms with Gasteiger partial charge in [0.25, 0.3) is 5.91 Å². The summed E-state index contributed by atoms with van der Waals surface area (Å²) in [6.07, 6.45) is 1.45. The van der Waals surface area contributed by atoms with E-state index in [1.807, 2.05) is 0 Å². The molecule has 1 amide bonds. The molecule has 1 heterocycles. The van der Waals surface area contributed by atoms with Crippen molar-refractivity contribution in [1.29, 1.82) is 0 Å². The van der Waals surface area contributed by atoms with Gasteiger partial charge in [-0.15, -0.1) is 11.3 Å². The van der Waals surface area contributed by atoms with Gasteiger partial charge in [-0.2, -0.15) is 8.42 Å². The van der Waals surface area contributed by atoms with Gasteiger partial charge in [-0.3, -0.25) is 9.35 Å². The zero-order chi connectivity index (χ0) is 10.8. The second-order valence-electron chi connectivity index (χ2n) is 2.22. The van der Waals surface area contributed by atoms with E-state index in [2.05, 4.69) is 11.6 Å². The number of aromatic nitrogens is 1. The number of rotatable bonds is 3.